The van der Waals surface area contributed by atoms with Crippen molar-refractivity contribution in [3.63, 3.8) is 0 Å². The molecule has 0 aliphatic carbocycles. The number of rotatable bonds is 5. The summed E-state index contributed by atoms with van der Waals surface area (Å²) in [5.74, 6) is 0. The Morgan fingerprint density at radius 2 is 2.05 bits per heavy atom. The highest BCUT2D eigenvalue weighted by atomic mass is 16.5. The van der Waals surface area contributed by atoms with Gasteiger partial charge in [-0.15, -0.1) is 0 Å². The van der Waals surface area contributed by atoms with Crippen LogP contribution in [0.2, 0.25) is 0 Å². The van der Waals surface area contributed by atoms with E-state index in [0.29, 0.717) is 6.10 Å². The van der Waals surface area contributed by atoms with Crippen molar-refractivity contribution < 1.29 is 9.84 Å². The second-order valence-electron chi connectivity index (χ2n) is 5.18. The van der Waals surface area contributed by atoms with Crippen LogP contribution < -0.4 is 4.90 Å². The van der Waals surface area contributed by atoms with Crippen LogP contribution in [0.4, 0.5) is 5.69 Å². The molecule has 1 heterocycles. The van der Waals surface area contributed by atoms with Crippen molar-refractivity contribution >= 4 is 5.69 Å². The van der Waals surface area contributed by atoms with E-state index >= 15 is 0 Å². The molecule has 2 atom stereocenters. The van der Waals surface area contributed by atoms with Crippen LogP contribution in [-0.4, -0.2) is 30.9 Å². The van der Waals surface area contributed by atoms with E-state index in [1.165, 1.54) is 12.1 Å². The van der Waals surface area contributed by atoms with E-state index in [9.17, 15) is 5.11 Å². The van der Waals surface area contributed by atoms with Gasteiger partial charge in [-0.1, -0.05) is 19.1 Å². The van der Waals surface area contributed by atoms with Crippen LogP contribution >= 0.6 is 0 Å². The largest absolute Gasteiger partial charge is 0.388 e. The zero-order chi connectivity index (χ0) is 13.7. The Hall–Kier alpha value is -1.06. The summed E-state index contributed by atoms with van der Waals surface area (Å²) in [4.78, 5) is 2.38. The Balaban J connectivity index is 2.01. The third-order valence-corrected chi connectivity index (χ3v) is 3.81. The molecule has 3 nitrogen and oxygen atoms in total. The number of benzene rings is 1. The Bertz CT molecular complexity index is 375. The van der Waals surface area contributed by atoms with Gasteiger partial charge in [-0.2, -0.15) is 0 Å². The minimum atomic E-state index is -0.341. The SMILES string of the molecule is CCOC1CCCN(c2ccc([C@@H](O)CC)cc2)C1. The number of hydrogen-bond donors (Lipinski definition) is 1. The van der Waals surface area contributed by atoms with Gasteiger partial charge in [0.15, 0.2) is 0 Å². The highest BCUT2D eigenvalue weighted by molar-refractivity contribution is 5.48. The van der Waals surface area contributed by atoms with Crippen LogP contribution in [0, 0.1) is 0 Å². The van der Waals surface area contributed by atoms with Crippen molar-refractivity contribution in [1.29, 1.82) is 0 Å². The highest BCUT2D eigenvalue weighted by Crippen LogP contribution is 2.24. The summed E-state index contributed by atoms with van der Waals surface area (Å²) in [5.41, 5.74) is 2.24. The van der Waals surface area contributed by atoms with E-state index < -0.39 is 0 Å². The van der Waals surface area contributed by atoms with Gasteiger partial charge < -0.3 is 14.7 Å². The lowest BCUT2D eigenvalue weighted by Gasteiger charge is -2.34. The van der Waals surface area contributed by atoms with Crippen LogP contribution in [0.25, 0.3) is 0 Å². The molecule has 1 saturated heterocycles. The molecule has 0 bridgehead atoms. The Morgan fingerprint density at radius 1 is 1.32 bits per heavy atom. The van der Waals surface area contributed by atoms with E-state index in [1.807, 2.05) is 19.1 Å². The highest BCUT2D eigenvalue weighted by Gasteiger charge is 2.20. The average Bonchev–Trinajstić information content (AvgIpc) is 2.47. The Morgan fingerprint density at radius 3 is 2.68 bits per heavy atom. The quantitative estimate of drug-likeness (QED) is 0.886. The Kier molecular flexibility index (Phi) is 5.23. The van der Waals surface area contributed by atoms with Crippen LogP contribution in [0.15, 0.2) is 24.3 Å². The molecule has 106 valence electrons. The van der Waals surface area contributed by atoms with Gasteiger partial charge in [0, 0.05) is 25.4 Å². The van der Waals surface area contributed by atoms with E-state index in [2.05, 4.69) is 24.0 Å². The zero-order valence-corrected chi connectivity index (χ0v) is 12.0. The molecular formula is C16H25NO2. The monoisotopic (exact) mass is 263 g/mol. The molecule has 0 radical (unpaired) electrons. The Labute approximate surface area is 116 Å². The fourth-order valence-corrected chi connectivity index (χ4v) is 2.69. The van der Waals surface area contributed by atoms with Crippen molar-refractivity contribution in [2.45, 2.75) is 45.3 Å². The van der Waals surface area contributed by atoms with Gasteiger partial charge in [-0.25, -0.2) is 0 Å². The van der Waals surface area contributed by atoms with Crippen LogP contribution in [0.3, 0.4) is 0 Å². The number of nitrogens with zero attached hydrogens (tertiary/aromatic N) is 1. The minimum absolute atomic E-state index is 0.341. The van der Waals surface area contributed by atoms with E-state index in [1.54, 1.807) is 0 Å². The first-order valence-electron chi connectivity index (χ1n) is 7.39. The molecule has 19 heavy (non-hydrogen) atoms. The van der Waals surface area contributed by atoms with Crippen molar-refractivity contribution in [2.75, 3.05) is 24.6 Å². The smallest absolute Gasteiger partial charge is 0.0787 e. The third kappa shape index (κ3) is 3.71. The topological polar surface area (TPSA) is 32.7 Å². The fourth-order valence-electron chi connectivity index (χ4n) is 2.69. The number of anilines is 1. The molecular weight excluding hydrogens is 238 g/mol. The third-order valence-electron chi connectivity index (χ3n) is 3.81. The van der Waals surface area contributed by atoms with Gasteiger partial charge in [0.25, 0.3) is 0 Å². The van der Waals surface area contributed by atoms with Gasteiger partial charge >= 0.3 is 0 Å². The van der Waals surface area contributed by atoms with Gasteiger partial charge in [-0.3, -0.25) is 0 Å². The summed E-state index contributed by atoms with van der Waals surface area (Å²) in [6.07, 6.45) is 3.13. The van der Waals surface area contributed by atoms with E-state index in [4.69, 9.17) is 4.74 Å². The summed E-state index contributed by atoms with van der Waals surface area (Å²) >= 11 is 0. The summed E-state index contributed by atoms with van der Waals surface area (Å²) in [5, 5.41) is 9.81. The first-order chi connectivity index (χ1) is 9.24. The number of piperidine rings is 1. The average molecular weight is 263 g/mol. The molecule has 1 aromatic carbocycles. The van der Waals surface area contributed by atoms with Gasteiger partial charge in [0.05, 0.1) is 12.2 Å². The summed E-state index contributed by atoms with van der Waals surface area (Å²) in [7, 11) is 0. The van der Waals surface area contributed by atoms with Crippen LogP contribution in [0.5, 0.6) is 0 Å². The van der Waals surface area contributed by atoms with Crippen molar-refractivity contribution in [3.8, 4) is 0 Å². The van der Waals surface area contributed by atoms with Gasteiger partial charge in [0.2, 0.25) is 0 Å². The van der Waals surface area contributed by atoms with E-state index in [-0.39, 0.29) is 6.10 Å². The first kappa shape index (κ1) is 14.4. The fraction of sp³-hybridized carbons (Fsp3) is 0.625. The maximum Gasteiger partial charge on any atom is 0.0787 e. The number of aliphatic hydroxyl groups excluding tert-OH is 1. The maximum atomic E-state index is 9.81. The summed E-state index contributed by atoms with van der Waals surface area (Å²) in [6, 6.07) is 8.30. The molecule has 3 heteroatoms. The number of hydrogen-bond acceptors (Lipinski definition) is 3. The molecule has 1 N–H and O–H groups in total. The zero-order valence-electron chi connectivity index (χ0n) is 12.0. The predicted molar refractivity (Wildman–Crippen MR) is 78.6 cm³/mol. The molecule has 0 spiro atoms. The molecule has 0 amide bonds. The van der Waals surface area contributed by atoms with Crippen LogP contribution in [0.1, 0.15) is 44.8 Å². The lowest BCUT2D eigenvalue weighted by atomic mass is 10.0. The molecule has 1 aliphatic rings. The molecule has 1 fully saturated rings. The molecule has 1 unspecified atom stereocenters. The molecule has 1 aromatic rings. The summed E-state index contributed by atoms with van der Waals surface area (Å²) < 4.78 is 5.73. The number of aliphatic hydroxyl groups is 1. The molecule has 2 rings (SSSR count). The predicted octanol–water partition coefficient (Wildman–Crippen LogP) is 3.14. The molecule has 0 saturated carbocycles. The lowest BCUT2D eigenvalue weighted by molar-refractivity contribution is 0.0526. The molecule has 0 aromatic heterocycles. The second-order valence-corrected chi connectivity index (χ2v) is 5.18. The second kappa shape index (κ2) is 6.92. The van der Waals surface area contributed by atoms with Crippen LogP contribution in [-0.2, 0) is 4.74 Å². The van der Waals surface area contributed by atoms with Crippen molar-refractivity contribution in [3.05, 3.63) is 29.8 Å². The first-order valence-corrected chi connectivity index (χ1v) is 7.39. The van der Waals surface area contributed by atoms with Gasteiger partial charge in [0.1, 0.15) is 0 Å². The summed E-state index contributed by atoms with van der Waals surface area (Å²) in [6.45, 7) is 6.92. The lowest BCUT2D eigenvalue weighted by Crippen LogP contribution is -2.39. The van der Waals surface area contributed by atoms with Crippen molar-refractivity contribution in [1.82, 2.24) is 0 Å². The van der Waals surface area contributed by atoms with Crippen molar-refractivity contribution in [2.24, 2.45) is 0 Å². The van der Waals surface area contributed by atoms with Gasteiger partial charge in [-0.05, 0) is 43.9 Å². The minimum Gasteiger partial charge on any atom is -0.388 e. The van der Waals surface area contributed by atoms with E-state index in [0.717, 1.165) is 38.1 Å². The normalized spacial score (nSPS) is 21.4. The maximum absolute atomic E-state index is 9.81. The molecule has 1 aliphatic heterocycles. The number of ether oxygens (including phenoxy) is 1. The standard InChI is InChI=1S/C16H25NO2/c1-3-16(18)13-7-9-14(10-8-13)17-11-5-6-15(12-17)19-4-2/h7-10,15-16,18H,3-6,11-12H2,1-2H3/t15?,16-/m0/s1.